The van der Waals surface area contributed by atoms with Crippen LogP contribution in [0.15, 0.2) is 22.7 Å². The largest absolute Gasteiger partial charge is 0.496 e. The Labute approximate surface area is 112 Å². The zero-order valence-electron chi connectivity index (χ0n) is 10.6. The zero-order chi connectivity index (χ0) is 12.5. The van der Waals surface area contributed by atoms with E-state index < -0.39 is 0 Å². The van der Waals surface area contributed by atoms with Crippen molar-refractivity contribution in [2.45, 2.75) is 19.9 Å². The number of rotatable bonds is 8. The second kappa shape index (κ2) is 8.50. The van der Waals surface area contributed by atoms with E-state index in [1.54, 1.807) is 7.11 Å². The average molecular weight is 301 g/mol. The minimum Gasteiger partial charge on any atom is -0.496 e. The van der Waals surface area contributed by atoms with Gasteiger partial charge >= 0.3 is 0 Å². The van der Waals surface area contributed by atoms with E-state index in [2.05, 4.69) is 39.6 Å². The molecule has 0 aromatic heterocycles. The molecule has 3 nitrogen and oxygen atoms in total. The summed E-state index contributed by atoms with van der Waals surface area (Å²) in [6.45, 7) is 6.06. The predicted molar refractivity (Wildman–Crippen MR) is 75.6 cm³/mol. The number of ether oxygens (including phenoxy) is 1. The lowest BCUT2D eigenvalue weighted by atomic mass is 10.2. The fraction of sp³-hybridized carbons (Fsp3) is 0.538. The molecule has 0 spiro atoms. The van der Waals surface area contributed by atoms with E-state index in [-0.39, 0.29) is 0 Å². The van der Waals surface area contributed by atoms with Gasteiger partial charge in [0.25, 0.3) is 0 Å². The molecular weight excluding hydrogens is 280 g/mol. The van der Waals surface area contributed by atoms with Gasteiger partial charge in [-0.25, -0.2) is 0 Å². The molecule has 0 aliphatic heterocycles. The molecule has 0 saturated heterocycles. The van der Waals surface area contributed by atoms with E-state index >= 15 is 0 Å². The number of hydrogen-bond donors (Lipinski definition) is 2. The highest BCUT2D eigenvalue weighted by atomic mass is 79.9. The Kier molecular flexibility index (Phi) is 7.24. The standard InChI is InChI=1S/C13H21BrN2O/c1-3-6-15-7-8-16-10-11-9-12(14)4-5-13(11)17-2/h4-5,9,15-16H,3,6-8,10H2,1-2H3. The van der Waals surface area contributed by atoms with Gasteiger partial charge in [0.2, 0.25) is 0 Å². The first-order chi connectivity index (χ1) is 8.27. The molecule has 2 N–H and O–H groups in total. The summed E-state index contributed by atoms with van der Waals surface area (Å²) in [6.07, 6.45) is 1.18. The fourth-order valence-corrected chi connectivity index (χ4v) is 2.00. The summed E-state index contributed by atoms with van der Waals surface area (Å²) in [5.74, 6) is 0.933. The van der Waals surface area contributed by atoms with Crippen molar-refractivity contribution in [3.05, 3.63) is 28.2 Å². The van der Waals surface area contributed by atoms with Crippen LogP contribution in [0, 0.1) is 0 Å². The van der Waals surface area contributed by atoms with Gasteiger partial charge in [0.1, 0.15) is 5.75 Å². The molecule has 0 fully saturated rings. The van der Waals surface area contributed by atoms with Gasteiger partial charge in [-0.3, -0.25) is 0 Å². The summed E-state index contributed by atoms with van der Waals surface area (Å²) in [4.78, 5) is 0. The highest BCUT2D eigenvalue weighted by Crippen LogP contribution is 2.22. The van der Waals surface area contributed by atoms with Crippen molar-refractivity contribution < 1.29 is 4.74 Å². The predicted octanol–water partition coefficient (Wildman–Crippen LogP) is 2.55. The molecule has 0 aliphatic carbocycles. The molecular formula is C13H21BrN2O. The molecule has 96 valence electrons. The molecule has 17 heavy (non-hydrogen) atoms. The molecule has 1 aromatic rings. The minimum absolute atomic E-state index is 0.830. The summed E-state index contributed by atoms with van der Waals surface area (Å²) in [5, 5.41) is 6.76. The maximum Gasteiger partial charge on any atom is 0.123 e. The molecule has 0 radical (unpaired) electrons. The number of nitrogens with one attached hydrogen (secondary N) is 2. The van der Waals surface area contributed by atoms with Crippen LogP contribution in [0.25, 0.3) is 0 Å². The van der Waals surface area contributed by atoms with Crippen molar-refractivity contribution in [1.29, 1.82) is 0 Å². The number of hydrogen-bond acceptors (Lipinski definition) is 3. The molecule has 1 rings (SSSR count). The maximum atomic E-state index is 5.32. The lowest BCUT2D eigenvalue weighted by Crippen LogP contribution is -2.27. The van der Waals surface area contributed by atoms with Gasteiger partial charge in [-0.15, -0.1) is 0 Å². The molecule has 0 amide bonds. The quantitative estimate of drug-likeness (QED) is 0.724. The third-order valence-electron chi connectivity index (χ3n) is 2.46. The van der Waals surface area contributed by atoms with Crippen LogP contribution in [0.4, 0.5) is 0 Å². The fourth-order valence-electron chi connectivity index (χ4n) is 1.59. The topological polar surface area (TPSA) is 33.3 Å². The number of methoxy groups -OCH3 is 1. The molecule has 0 saturated carbocycles. The Morgan fingerprint density at radius 1 is 1.18 bits per heavy atom. The molecule has 0 unspecified atom stereocenters. The maximum absolute atomic E-state index is 5.32. The first kappa shape index (κ1) is 14.5. The Bertz CT molecular complexity index is 331. The van der Waals surface area contributed by atoms with Gasteiger partial charge in [-0.05, 0) is 31.2 Å². The monoisotopic (exact) mass is 300 g/mol. The number of halogens is 1. The Morgan fingerprint density at radius 3 is 2.65 bits per heavy atom. The molecule has 0 bridgehead atoms. The van der Waals surface area contributed by atoms with Crippen molar-refractivity contribution in [3.8, 4) is 5.75 Å². The van der Waals surface area contributed by atoms with E-state index in [0.29, 0.717) is 0 Å². The third-order valence-corrected chi connectivity index (χ3v) is 2.96. The van der Waals surface area contributed by atoms with Crippen molar-refractivity contribution >= 4 is 15.9 Å². The Balaban J connectivity index is 2.32. The van der Waals surface area contributed by atoms with Gasteiger partial charge in [-0.1, -0.05) is 22.9 Å². The Hall–Kier alpha value is -0.580. The first-order valence-electron chi connectivity index (χ1n) is 6.01. The third kappa shape index (κ3) is 5.52. The van der Waals surface area contributed by atoms with Crippen molar-refractivity contribution in [2.75, 3.05) is 26.7 Å². The molecule has 0 atom stereocenters. The van der Waals surface area contributed by atoms with E-state index in [1.165, 1.54) is 12.0 Å². The highest BCUT2D eigenvalue weighted by molar-refractivity contribution is 9.10. The van der Waals surface area contributed by atoms with E-state index in [4.69, 9.17) is 4.74 Å². The second-order valence-electron chi connectivity index (χ2n) is 3.88. The van der Waals surface area contributed by atoms with Crippen LogP contribution in [0.3, 0.4) is 0 Å². The highest BCUT2D eigenvalue weighted by Gasteiger charge is 2.02. The molecule has 4 heteroatoms. The van der Waals surface area contributed by atoms with Crippen LogP contribution in [0.1, 0.15) is 18.9 Å². The van der Waals surface area contributed by atoms with Crippen molar-refractivity contribution in [3.63, 3.8) is 0 Å². The van der Waals surface area contributed by atoms with Crippen LogP contribution in [0.5, 0.6) is 5.75 Å². The average Bonchev–Trinajstić information content (AvgIpc) is 2.34. The van der Waals surface area contributed by atoms with Crippen LogP contribution >= 0.6 is 15.9 Å². The van der Waals surface area contributed by atoms with Gasteiger partial charge in [-0.2, -0.15) is 0 Å². The zero-order valence-corrected chi connectivity index (χ0v) is 12.1. The SMILES string of the molecule is CCCNCCNCc1cc(Br)ccc1OC. The van der Waals surface area contributed by atoms with Gasteiger partial charge in [0, 0.05) is 29.7 Å². The summed E-state index contributed by atoms with van der Waals surface area (Å²) in [5.41, 5.74) is 1.18. The second-order valence-corrected chi connectivity index (χ2v) is 4.80. The summed E-state index contributed by atoms with van der Waals surface area (Å²) in [6, 6.07) is 6.06. The lowest BCUT2D eigenvalue weighted by molar-refractivity contribution is 0.407. The summed E-state index contributed by atoms with van der Waals surface area (Å²) >= 11 is 3.47. The molecule has 0 aliphatic rings. The van der Waals surface area contributed by atoms with Gasteiger partial charge in [0.15, 0.2) is 0 Å². The number of benzene rings is 1. The van der Waals surface area contributed by atoms with Gasteiger partial charge in [0.05, 0.1) is 7.11 Å². The normalized spacial score (nSPS) is 10.5. The summed E-state index contributed by atoms with van der Waals surface area (Å²) in [7, 11) is 1.70. The summed E-state index contributed by atoms with van der Waals surface area (Å²) < 4.78 is 6.40. The Morgan fingerprint density at radius 2 is 1.94 bits per heavy atom. The first-order valence-corrected chi connectivity index (χ1v) is 6.81. The van der Waals surface area contributed by atoms with E-state index in [0.717, 1.165) is 36.4 Å². The minimum atomic E-state index is 0.830. The smallest absolute Gasteiger partial charge is 0.123 e. The van der Waals surface area contributed by atoms with Crippen molar-refractivity contribution in [2.24, 2.45) is 0 Å². The van der Waals surface area contributed by atoms with E-state index in [1.807, 2.05) is 12.1 Å². The van der Waals surface area contributed by atoms with Crippen LogP contribution in [-0.2, 0) is 6.54 Å². The van der Waals surface area contributed by atoms with Crippen LogP contribution in [-0.4, -0.2) is 26.7 Å². The van der Waals surface area contributed by atoms with E-state index in [9.17, 15) is 0 Å². The van der Waals surface area contributed by atoms with Crippen molar-refractivity contribution in [1.82, 2.24) is 10.6 Å². The lowest BCUT2D eigenvalue weighted by Gasteiger charge is -2.10. The molecule has 1 aromatic carbocycles. The van der Waals surface area contributed by atoms with Crippen LogP contribution < -0.4 is 15.4 Å². The van der Waals surface area contributed by atoms with Crippen LogP contribution in [0.2, 0.25) is 0 Å². The van der Waals surface area contributed by atoms with Gasteiger partial charge < -0.3 is 15.4 Å². The molecule has 0 heterocycles.